The number of nitrogens with two attached hydrogens (primary N) is 1. The van der Waals surface area contributed by atoms with Crippen molar-refractivity contribution in [3.8, 4) is 5.75 Å². The number of Topliss-reactive ketones (excluding diaryl/α,β-unsaturated/α-hetero) is 1. The summed E-state index contributed by atoms with van der Waals surface area (Å²) in [6.45, 7) is 4.32. The number of hydrogen-bond donors (Lipinski definition) is 2. The number of amides is 1. The maximum Gasteiger partial charge on any atom is 0.341 e. The zero-order chi connectivity index (χ0) is 20.7. The molecule has 1 aromatic carbocycles. The van der Waals surface area contributed by atoms with Crippen molar-refractivity contribution in [2.24, 2.45) is 5.73 Å². The summed E-state index contributed by atoms with van der Waals surface area (Å²) in [5, 5.41) is 8.92. The molecule has 154 valence electrons. The van der Waals surface area contributed by atoms with Gasteiger partial charge in [-0.3, -0.25) is 9.59 Å². The van der Waals surface area contributed by atoms with Gasteiger partial charge in [0.2, 0.25) is 5.78 Å². The van der Waals surface area contributed by atoms with E-state index in [1.807, 2.05) is 13.0 Å². The fourth-order valence-corrected chi connectivity index (χ4v) is 3.89. The summed E-state index contributed by atoms with van der Waals surface area (Å²) in [6.07, 6.45) is 6.91. The van der Waals surface area contributed by atoms with E-state index in [-0.39, 0.29) is 6.04 Å². The fraction of sp³-hybridized carbons (Fsp3) is 0.571. The van der Waals surface area contributed by atoms with Crippen LogP contribution in [0.5, 0.6) is 5.75 Å². The number of hydrogen-bond acceptors (Lipinski definition) is 5. The van der Waals surface area contributed by atoms with E-state index in [0.29, 0.717) is 11.3 Å². The smallest absolute Gasteiger partial charge is 0.341 e. The van der Waals surface area contributed by atoms with Crippen molar-refractivity contribution in [3.63, 3.8) is 0 Å². The first kappa shape index (κ1) is 21.7. The molecule has 7 nitrogen and oxygen atoms in total. The molecule has 0 saturated heterocycles. The lowest BCUT2D eigenvalue weighted by Crippen LogP contribution is -2.39. The molecule has 2 rings (SSSR count). The average Bonchev–Trinajstić information content (AvgIpc) is 2.94. The molecule has 0 saturated carbocycles. The number of ether oxygens (including phenoxy) is 1. The SMILES string of the molecule is CCCCCCCCN1c2cccc(OCC(=O)O)c2C(C(=O)C(N)=O)C1C. The first-order valence-corrected chi connectivity index (χ1v) is 9.96. The summed E-state index contributed by atoms with van der Waals surface area (Å²) in [5.74, 6) is -3.21. The molecule has 2 unspecified atom stereocenters. The van der Waals surface area contributed by atoms with Crippen LogP contribution >= 0.6 is 0 Å². The molecule has 2 atom stereocenters. The van der Waals surface area contributed by atoms with Crippen molar-refractivity contribution < 1.29 is 24.2 Å². The van der Waals surface area contributed by atoms with Crippen molar-refractivity contribution in [2.45, 2.75) is 64.3 Å². The van der Waals surface area contributed by atoms with Gasteiger partial charge < -0.3 is 20.5 Å². The Hall–Kier alpha value is -2.57. The van der Waals surface area contributed by atoms with Gasteiger partial charge in [-0.2, -0.15) is 0 Å². The summed E-state index contributed by atoms with van der Waals surface area (Å²) in [6, 6.07) is 5.03. The summed E-state index contributed by atoms with van der Waals surface area (Å²) < 4.78 is 5.41. The summed E-state index contributed by atoms with van der Waals surface area (Å²) >= 11 is 0. The molecule has 7 heteroatoms. The van der Waals surface area contributed by atoms with Gasteiger partial charge in [-0.1, -0.05) is 45.1 Å². The lowest BCUT2D eigenvalue weighted by Gasteiger charge is -2.26. The lowest BCUT2D eigenvalue weighted by molar-refractivity contribution is -0.139. The van der Waals surface area contributed by atoms with E-state index >= 15 is 0 Å². The Kier molecular flexibility index (Phi) is 7.84. The van der Waals surface area contributed by atoms with Crippen LogP contribution in [-0.4, -0.2) is 42.0 Å². The minimum absolute atomic E-state index is 0.250. The number of anilines is 1. The van der Waals surface area contributed by atoms with Gasteiger partial charge in [-0.25, -0.2) is 4.79 Å². The molecule has 3 N–H and O–H groups in total. The number of unbranched alkanes of at least 4 members (excludes halogenated alkanes) is 5. The monoisotopic (exact) mass is 390 g/mol. The van der Waals surface area contributed by atoms with E-state index in [9.17, 15) is 14.4 Å². The van der Waals surface area contributed by atoms with Crippen LogP contribution in [0.2, 0.25) is 0 Å². The number of carboxylic acids is 1. The highest BCUT2D eigenvalue weighted by molar-refractivity contribution is 6.38. The van der Waals surface area contributed by atoms with Gasteiger partial charge in [0.05, 0.1) is 5.92 Å². The van der Waals surface area contributed by atoms with E-state index in [1.54, 1.807) is 12.1 Å². The topological polar surface area (TPSA) is 110 Å². The number of ketones is 1. The first-order valence-electron chi connectivity index (χ1n) is 9.96. The van der Waals surface area contributed by atoms with E-state index < -0.39 is 30.2 Å². The third-order valence-electron chi connectivity index (χ3n) is 5.27. The molecular formula is C21H30N2O5. The van der Waals surface area contributed by atoms with Crippen molar-refractivity contribution >= 4 is 23.3 Å². The second kappa shape index (κ2) is 10.1. The zero-order valence-electron chi connectivity index (χ0n) is 16.6. The van der Waals surface area contributed by atoms with Crippen molar-refractivity contribution in [3.05, 3.63) is 23.8 Å². The standard InChI is InChI=1S/C21H30N2O5/c1-3-4-5-6-7-8-12-23-14(2)18(20(26)21(22)27)19-15(23)10-9-11-16(19)28-13-17(24)25/h9-11,14,18H,3-8,12-13H2,1-2H3,(H2,22,27)(H,24,25). The number of carbonyl (C=O) groups is 3. The molecule has 1 aliphatic rings. The number of fused-ring (bicyclic) bond motifs is 1. The van der Waals surface area contributed by atoms with E-state index in [4.69, 9.17) is 15.6 Å². The van der Waals surface area contributed by atoms with Crippen LogP contribution in [-0.2, 0) is 14.4 Å². The van der Waals surface area contributed by atoms with Gasteiger partial charge >= 0.3 is 5.97 Å². The van der Waals surface area contributed by atoms with Gasteiger partial charge in [-0.05, 0) is 25.5 Å². The second-order valence-electron chi connectivity index (χ2n) is 7.28. The number of rotatable bonds is 12. The highest BCUT2D eigenvalue weighted by Gasteiger charge is 2.43. The summed E-state index contributed by atoms with van der Waals surface area (Å²) in [7, 11) is 0. The number of nitrogens with zero attached hydrogens (tertiary/aromatic N) is 1. The molecule has 0 aliphatic carbocycles. The van der Waals surface area contributed by atoms with Gasteiger partial charge in [0.1, 0.15) is 5.75 Å². The van der Waals surface area contributed by atoms with Crippen molar-refractivity contribution in [2.75, 3.05) is 18.1 Å². The molecule has 1 amide bonds. The third kappa shape index (κ3) is 5.03. The quantitative estimate of drug-likeness (QED) is 0.419. The molecule has 28 heavy (non-hydrogen) atoms. The van der Waals surface area contributed by atoms with Crippen LogP contribution in [0.15, 0.2) is 18.2 Å². The number of aliphatic carboxylic acids is 1. The third-order valence-corrected chi connectivity index (χ3v) is 5.27. The largest absolute Gasteiger partial charge is 0.482 e. The zero-order valence-corrected chi connectivity index (χ0v) is 16.6. The highest BCUT2D eigenvalue weighted by atomic mass is 16.5. The molecule has 0 bridgehead atoms. The first-order chi connectivity index (χ1) is 13.4. The predicted molar refractivity (Wildman–Crippen MR) is 107 cm³/mol. The summed E-state index contributed by atoms with van der Waals surface area (Å²) in [4.78, 5) is 37.1. The Morgan fingerprint density at radius 2 is 1.82 bits per heavy atom. The Morgan fingerprint density at radius 3 is 2.46 bits per heavy atom. The van der Waals surface area contributed by atoms with E-state index in [1.165, 1.54) is 25.7 Å². The molecule has 1 aromatic rings. The van der Waals surface area contributed by atoms with Gasteiger partial charge in [0.25, 0.3) is 5.91 Å². The Balaban J connectivity index is 2.23. The number of primary amides is 1. The van der Waals surface area contributed by atoms with E-state index in [0.717, 1.165) is 25.1 Å². The van der Waals surface area contributed by atoms with Gasteiger partial charge in [0, 0.05) is 23.8 Å². The number of carbonyl (C=O) groups excluding carboxylic acids is 2. The summed E-state index contributed by atoms with van der Waals surface area (Å²) in [5.41, 5.74) is 6.65. The van der Waals surface area contributed by atoms with E-state index in [2.05, 4.69) is 11.8 Å². The fourth-order valence-electron chi connectivity index (χ4n) is 3.89. The van der Waals surface area contributed by atoms with Crippen LogP contribution in [0.3, 0.4) is 0 Å². The van der Waals surface area contributed by atoms with Crippen LogP contribution < -0.4 is 15.4 Å². The molecule has 0 fully saturated rings. The molecule has 0 aromatic heterocycles. The molecule has 0 spiro atoms. The highest BCUT2D eigenvalue weighted by Crippen LogP contribution is 2.46. The molecule has 1 heterocycles. The molecule has 1 aliphatic heterocycles. The number of carboxylic acid groups (broad SMARTS) is 1. The predicted octanol–water partition coefficient (Wildman–Crippen LogP) is 2.86. The van der Waals surface area contributed by atoms with Crippen LogP contribution in [0.4, 0.5) is 5.69 Å². The van der Waals surface area contributed by atoms with Crippen molar-refractivity contribution in [1.29, 1.82) is 0 Å². The molecule has 0 radical (unpaired) electrons. The normalized spacial score (nSPS) is 18.0. The van der Waals surface area contributed by atoms with Crippen LogP contribution in [0.1, 0.15) is 63.9 Å². The minimum Gasteiger partial charge on any atom is -0.482 e. The van der Waals surface area contributed by atoms with Crippen molar-refractivity contribution in [1.82, 2.24) is 0 Å². The van der Waals surface area contributed by atoms with Gasteiger partial charge in [0.15, 0.2) is 6.61 Å². The average molecular weight is 390 g/mol. The Morgan fingerprint density at radius 1 is 1.14 bits per heavy atom. The minimum atomic E-state index is -1.11. The van der Waals surface area contributed by atoms with Crippen LogP contribution in [0, 0.1) is 0 Å². The Labute approximate surface area is 165 Å². The molecular weight excluding hydrogens is 360 g/mol. The second-order valence-corrected chi connectivity index (χ2v) is 7.28. The lowest BCUT2D eigenvalue weighted by atomic mass is 9.90. The Bertz CT molecular complexity index is 719. The number of benzene rings is 1. The van der Waals surface area contributed by atoms with Gasteiger partial charge in [-0.15, -0.1) is 0 Å². The maximum absolute atomic E-state index is 12.5. The maximum atomic E-state index is 12.5. The van der Waals surface area contributed by atoms with Crippen LogP contribution in [0.25, 0.3) is 0 Å².